The third-order valence-electron chi connectivity index (χ3n) is 8.63. The molecule has 18 nitrogen and oxygen atoms in total. The molecule has 266 valence electrons. The second kappa shape index (κ2) is 13.9. The Kier molecular flexibility index (Phi) is 10.2. The lowest BCUT2D eigenvalue weighted by Crippen LogP contribution is -2.76. The number of carboxylic acids is 1. The molecular weight excluding hydrogens is 684 g/mol. The number of ether oxygens (including phenoxy) is 1. The molecular formula is C29H38N8O10S2. The Morgan fingerprint density at radius 2 is 2.02 bits per heavy atom. The number of aromatic nitrogens is 1. The topological polar surface area (TPSA) is 270 Å². The van der Waals surface area contributed by atoms with Crippen LogP contribution in [0.5, 0.6) is 5.75 Å². The van der Waals surface area contributed by atoms with E-state index in [2.05, 4.69) is 25.1 Å². The number of rotatable bonds is 11. The number of nitrogens with two attached hydrogens (primary N) is 2. The number of oxime groups is 1. The lowest BCUT2D eigenvalue weighted by molar-refractivity contribution is -0.218. The van der Waals surface area contributed by atoms with E-state index in [1.54, 1.807) is 12.1 Å². The summed E-state index contributed by atoms with van der Waals surface area (Å²) in [6.45, 7) is 5.84. The average Bonchev–Trinajstić information content (AvgIpc) is 3.30. The number of thiazole rings is 1. The molecule has 0 bridgehead atoms. The fraction of sp³-hybridized carbons (Fsp3) is 0.517. The number of nitrogen functional groups attached to an aromatic ring is 1. The number of aliphatic carboxylic acids is 1. The fourth-order valence-electron chi connectivity index (χ4n) is 5.73. The van der Waals surface area contributed by atoms with Gasteiger partial charge < -0.3 is 36.8 Å². The molecule has 5 rings (SSSR count). The van der Waals surface area contributed by atoms with Gasteiger partial charge in [-0.25, -0.2) is 9.78 Å². The Labute approximate surface area is 285 Å². The number of nitrogens with zero attached hydrogens (tertiary/aromatic N) is 4. The van der Waals surface area contributed by atoms with Crippen molar-refractivity contribution in [1.82, 2.24) is 20.7 Å². The van der Waals surface area contributed by atoms with Crippen molar-refractivity contribution in [2.45, 2.75) is 82.2 Å². The molecule has 2 saturated heterocycles. The van der Waals surface area contributed by atoms with Crippen LogP contribution >= 0.6 is 11.3 Å². The summed E-state index contributed by atoms with van der Waals surface area (Å²) in [5.74, 6) is -2.58. The monoisotopic (exact) mass is 722 g/mol. The Morgan fingerprint density at radius 3 is 2.67 bits per heavy atom. The number of hydroxylamine groups is 2. The molecule has 8 N–H and O–H groups in total. The van der Waals surface area contributed by atoms with Gasteiger partial charge >= 0.3 is 16.4 Å². The van der Waals surface area contributed by atoms with E-state index in [1.165, 1.54) is 26.2 Å². The quantitative estimate of drug-likeness (QED) is 0.0602. The van der Waals surface area contributed by atoms with Gasteiger partial charge in [0.15, 0.2) is 16.9 Å². The Morgan fingerprint density at radius 1 is 1.27 bits per heavy atom. The molecule has 49 heavy (non-hydrogen) atoms. The first-order valence-corrected chi connectivity index (χ1v) is 17.6. The van der Waals surface area contributed by atoms with Gasteiger partial charge in [0.1, 0.15) is 23.3 Å². The molecule has 1 aromatic heterocycles. The summed E-state index contributed by atoms with van der Waals surface area (Å²) >= 11 is 0.969. The highest BCUT2D eigenvalue weighted by Crippen LogP contribution is 2.35. The number of amidine groups is 1. The van der Waals surface area contributed by atoms with Gasteiger partial charge in [-0.3, -0.25) is 19.1 Å². The summed E-state index contributed by atoms with van der Waals surface area (Å²) in [7, 11) is -5.03. The zero-order chi connectivity index (χ0) is 35.7. The van der Waals surface area contributed by atoms with E-state index >= 15 is 0 Å². The maximum Gasteiger partial charge on any atom is 0.418 e. The van der Waals surface area contributed by atoms with E-state index in [0.29, 0.717) is 23.1 Å². The molecule has 2 aromatic rings. The van der Waals surface area contributed by atoms with Crippen molar-refractivity contribution in [2.75, 3.05) is 18.8 Å². The van der Waals surface area contributed by atoms with Crippen molar-refractivity contribution < 1.29 is 46.3 Å². The Balaban J connectivity index is 1.34. The van der Waals surface area contributed by atoms with E-state index in [1.807, 2.05) is 6.07 Å². The molecule has 3 aliphatic heterocycles. The molecule has 2 amide bonds. The van der Waals surface area contributed by atoms with Crippen molar-refractivity contribution in [2.24, 2.45) is 15.9 Å². The fourth-order valence-corrected chi connectivity index (χ4v) is 6.73. The van der Waals surface area contributed by atoms with E-state index in [9.17, 15) is 27.9 Å². The summed E-state index contributed by atoms with van der Waals surface area (Å²) in [5.41, 5.74) is 9.53. The summed E-state index contributed by atoms with van der Waals surface area (Å²) in [6, 6.07) is 4.12. The predicted octanol–water partition coefficient (Wildman–Crippen LogP) is 0.371. The summed E-state index contributed by atoms with van der Waals surface area (Å²) < 4.78 is 41.8. The van der Waals surface area contributed by atoms with E-state index in [-0.39, 0.29) is 23.3 Å². The maximum absolute atomic E-state index is 13.5. The molecule has 4 heterocycles. The first-order valence-electron chi connectivity index (χ1n) is 15.4. The number of fused-ring (bicyclic) bond motifs is 1. The Bertz CT molecular complexity index is 1790. The van der Waals surface area contributed by atoms with E-state index in [4.69, 9.17) is 30.6 Å². The molecule has 0 radical (unpaired) electrons. The SMILES string of the molecule is CC(O/N=C(\C(=O)N[C@@H]1C(=O)N(OS(=O)(=O)O)C1(C)C)c1csc(N)n1)(C(=O)O)[C@H]1CCc2cc(C(N)=N[C@H]3CCCNCC3)ccc2O1. The first kappa shape index (κ1) is 35.9. The highest BCUT2D eigenvalue weighted by atomic mass is 32.3. The number of benzene rings is 1. The van der Waals surface area contributed by atoms with Gasteiger partial charge in [0, 0.05) is 10.9 Å². The normalized spacial score (nSPS) is 24.0. The number of anilines is 1. The van der Waals surface area contributed by atoms with Crippen LogP contribution in [-0.4, -0.2) is 99.9 Å². The van der Waals surface area contributed by atoms with Gasteiger partial charge in [-0.1, -0.05) is 5.16 Å². The van der Waals surface area contributed by atoms with Crippen LogP contribution in [0.2, 0.25) is 0 Å². The lowest BCUT2D eigenvalue weighted by atomic mass is 9.84. The van der Waals surface area contributed by atoms with Gasteiger partial charge in [-0.2, -0.15) is 13.5 Å². The number of carboxylic acid groups (broad SMARTS) is 1. The molecule has 0 saturated carbocycles. The molecule has 4 atom stereocenters. The van der Waals surface area contributed by atoms with Gasteiger partial charge in [0.05, 0.1) is 11.6 Å². The third kappa shape index (κ3) is 7.77. The zero-order valence-electron chi connectivity index (χ0n) is 26.9. The predicted molar refractivity (Wildman–Crippen MR) is 176 cm³/mol. The second-order valence-electron chi connectivity index (χ2n) is 12.5. The highest BCUT2D eigenvalue weighted by molar-refractivity contribution is 7.80. The van der Waals surface area contributed by atoms with Crippen molar-refractivity contribution in [1.29, 1.82) is 0 Å². The summed E-state index contributed by atoms with van der Waals surface area (Å²) in [4.78, 5) is 53.1. The maximum atomic E-state index is 13.5. The standard InChI is InChI=1S/C29H38N8O10S2/c1-28(2)22(25(39)37(28)47-49(42,43)44)35-24(38)21(18-14-48-27(31)34-18)36-46-29(3,26(40)41)20-9-7-15-13-16(6-8-19(15)45-20)23(30)33-17-5-4-11-32-12-10-17/h6,8,13-14,17,20,22,32H,4-5,7,9-12H2,1-3H3,(H2,30,33)(H2,31,34)(H,35,38)(H,40,41)(H,42,43,44)/b36-21-/t17-,20+,22+,29?/m0/s1. The minimum atomic E-state index is -5.03. The first-order chi connectivity index (χ1) is 23.0. The van der Waals surface area contributed by atoms with Crippen LogP contribution in [0.1, 0.15) is 63.3 Å². The van der Waals surface area contributed by atoms with Gasteiger partial charge in [-0.15, -0.1) is 15.6 Å². The minimum absolute atomic E-state index is 0.0628. The van der Waals surface area contributed by atoms with Crippen molar-refractivity contribution in [3.63, 3.8) is 0 Å². The zero-order valence-corrected chi connectivity index (χ0v) is 28.5. The molecule has 0 spiro atoms. The average molecular weight is 723 g/mol. The van der Waals surface area contributed by atoms with Gasteiger partial charge in [-0.05, 0) is 89.7 Å². The van der Waals surface area contributed by atoms with Crippen molar-refractivity contribution in [3.05, 3.63) is 40.4 Å². The Hall–Kier alpha value is -4.37. The van der Waals surface area contributed by atoms with Crippen LogP contribution in [0.25, 0.3) is 0 Å². The number of nitrogens with one attached hydrogen (secondary N) is 2. The van der Waals surface area contributed by atoms with Crippen LogP contribution in [0.15, 0.2) is 33.7 Å². The van der Waals surface area contributed by atoms with E-state index < -0.39 is 57.2 Å². The minimum Gasteiger partial charge on any atom is -0.485 e. The number of amides is 2. The van der Waals surface area contributed by atoms with Crippen LogP contribution in [0.3, 0.4) is 0 Å². The summed E-state index contributed by atoms with van der Waals surface area (Å²) in [5, 5.41) is 21.8. The number of aryl methyl sites for hydroxylation is 1. The largest absolute Gasteiger partial charge is 0.485 e. The number of carbonyl (C=O) groups is 3. The van der Waals surface area contributed by atoms with Crippen LogP contribution in [-0.2, 0) is 40.3 Å². The van der Waals surface area contributed by atoms with Crippen LogP contribution in [0, 0.1) is 0 Å². The molecule has 0 aliphatic carbocycles. The van der Waals surface area contributed by atoms with Crippen molar-refractivity contribution >= 4 is 56.2 Å². The van der Waals surface area contributed by atoms with Crippen molar-refractivity contribution in [3.8, 4) is 5.75 Å². The number of aliphatic imine (C=N–C) groups is 1. The number of β-lactam (4-membered cyclic amide) rings is 1. The number of hydrogen-bond acceptors (Lipinski definition) is 14. The molecule has 3 aliphatic rings. The van der Waals surface area contributed by atoms with Gasteiger partial charge in [0.2, 0.25) is 0 Å². The van der Waals surface area contributed by atoms with Crippen LogP contribution < -0.4 is 26.8 Å². The summed E-state index contributed by atoms with van der Waals surface area (Å²) in [6.07, 6.45) is 2.43. The van der Waals surface area contributed by atoms with Crippen LogP contribution in [0.4, 0.5) is 5.13 Å². The van der Waals surface area contributed by atoms with E-state index in [0.717, 1.165) is 54.8 Å². The number of hydrogen-bond donors (Lipinski definition) is 6. The molecule has 1 unspecified atom stereocenters. The number of carbonyl (C=O) groups excluding carboxylic acids is 2. The second-order valence-corrected chi connectivity index (χ2v) is 14.4. The third-order valence-corrected chi connectivity index (χ3v) is 9.65. The molecule has 1 aromatic carbocycles. The smallest absolute Gasteiger partial charge is 0.418 e. The molecule has 2 fully saturated rings. The lowest BCUT2D eigenvalue weighted by Gasteiger charge is -2.50. The van der Waals surface area contributed by atoms with Gasteiger partial charge in [0.25, 0.3) is 17.4 Å². The molecule has 20 heteroatoms. The highest BCUT2D eigenvalue weighted by Gasteiger charge is 2.58.